The largest absolute Gasteiger partial charge is 0.462 e. The number of carbonyl (C=O) groups excluding carboxylic acids is 3. The van der Waals surface area contributed by atoms with Gasteiger partial charge in [0.15, 0.2) is 6.10 Å². The van der Waals surface area contributed by atoms with Gasteiger partial charge in [-0.05, 0) is 89.9 Å². The molecular formula is C49H88O6. The number of unbranched alkanes of at least 4 members (excludes halogenated alkanes) is 25. The Kier molecular flexibility index (Phi) is 42.4. The Morgan fingerprint density at radius 3 is 1.00 bits per heavy atom. The van der Waals surface area contributed by atoms with E-state index in [2.05, 4.69) is 57.2 Å². The lowest BCUT2D eigenvalue weighted by atomic mass is 10.1. The fraction of sp³-hybridized carbons (Fsp3) is 0.816. The summed E-state index contributed by atoms with van der Waals surface area (Å²) in [5.74, 6) is -0.959. The van der Waals surface area contributed by atoms with Gasteiger partial charge < -0.3 is 14.2 Å². The Balaban J connectivity index is 4.41. The van der Waals surface area contributed by atoms with Crippen molar-refractivity contribution in [1.29, 1.82) is 0 Å². The van der Waals surface area contributed by atoms with Crippen molar-refractivity contribution in [1.82, 2.24) is 0 Å². The molecular weight excluding hydrogens is 685 g/mol. The van der Waals surface area contributed by atoms with Crippen molar-refractivity contribution >= 4 is 17.9 Å². The third-order valence-electron chi connectivity index (χ3n) is 10.1. The normalized spacial score (nSPS) is 12.3. The van der Waals surface area contributed by atoms with Crippen LogP contribution in [0.1, 0.15) is 239 Å². The van der Waals surface area contributed by atoms with Crippen molar-refractivity contribution in [2.24, 2.45) is 0 Å². The molecule has 1 unspecified atom stereocenters. The average molecular weight is 773 g/mol. The second kappa shape index (κ2) is 44.3. The van der Waals surface area contributed by atoms with Crippen LogP contribution in [0.15, 0.2) is 36.5 Å². The van der Waals surface area contributed by atoms with Crippen molar-refractivity contribution in [2.45, 2.75) is 245 Å². The van der Waals surface area contributed by atoms with Crippen LogP contribution in [0.5, 0.6) is 0 Å². The van der Waals surface area contributed by atoms with Crippen LogP contribution in [0.3, 0.4) is 0 Å². The molecule has 0 radical (unpaired) electrons. The van der Waals surface area contributed by atoms with Crippen LogP contribution < -0.4 is 0 Å². The highest BCUT2D eigenvalue weighted by Gasteiger charge is 2.19. The van der Waals surface area contributed by atoms with E-state index in [1.807, 2.05) is 0 Å². The van der Waals surface area contributed by atoms with E-state index < -0.39 is 6.10 Å². The van der Waals surface area contributed by atoms with E-state index in [0.29, 0.717) is 25.7 Å². The molecule has 0 spiro atoms. The van der Waals surface area contributed by atoms with Gasteiger partial charge in [0.1, 0.15) is 13.2 Å². The molecule has 0 bridgehead atoms. The second-order valence-corrected chi connectivity index (χ2v) is 15.7. The van der Waals surface area contributed by atoms with E-state index >= 15 is 0 Å². The number of carbonyl (C=O) groups is 3. The molecule has 6 heteroatoms. The number of ether oxygens (including phenoxy) is 3. The molecule has 0 fully saturated rings. The van der Waals surface area contributed by atoms with Gasteiger partial charge in [-0.15, -0.1) is 0 Å². The van der Waals surface area contributed by atoms with Gasteiger partial charge in [-0.2, -0.15) is 0 Å². The standard InChI is InChI=1S/C49H88O6/c1-4-7-10-13-16-19-21-23-25-27-30-33-36-39-42-48(51)54-45-46(44-53-47(50)41-38-35-32-29-18-15-12-9-6-3)55-49(52)43-40-37-34-31-28-26-24-22-20-17-14-11-8-5-2/h25-29,32,46H,4-24,30-31,33-45H2,1-3H3/b27-25-,28-26-,32-29-. The SMILES string of the molecule is CCCCCC/C=C\CCCC(=O)OCC(COC(=O)CCCCC/C=C\CCCCCCCCC)OC(=O)CCCCC/C=C\CCCCCCCCC. The molecule has 0 aromatic carbocycles. The minimum absolute atomic E-state index is 0.0938. The highest BCUT2D eigenvalue weighted by atomic mass is 16.6. The van der Waals surface area contributed by atoms with Crippen LogP contribution in [0, 0.1) is 0 Å². The quantitative estimate of drug-likeness (QED) is 0.0266. The molecule has 55 heavy (non-hydrogen) atoms. The highest BCUT2D eigenvalue weighted by molar-refractivity contribution is 5.71. The summed E-state index contributed by atoms with van der Waals surface area (Å²) in [5.41, 5.74) is 0. The maximum Gasteiger partial charge on any atom is 0.306 e. The lowest BCUT2D eigenvalue weighted by Gasteiger charge is -2.18. The summed E-state index contributed by atoms with van der Waals surface area (Å²) < 4.78 is 16.6. The fourth-order valence-electron chi connectivity index (χ4n) is 6.49. The van der Waals surface area contributed by atoms with Crippen molar-refractivity contribution < 1.29 is 28.6 Å². The zero-order chi connectivity index (χ0) is 40.1. The summed E-state index contributed by atoms with van der Waals surface area (Å²) >= 11 is 0. The number of allylic oxidation sites excluding steroid dienone is 6. The Hall–Kier alpha value is -2.37. The van der Waals surface area contributed by atoms with Gasteiger partial charge >= 0.3 is 17.9 Å². The number of esters is 3. The van der Waals surface area contributed by atoms with E-state index in [0.717, 1.165) is 77.0 Å². The monoisotopic (exact) mass is 773 g/mol. The first-order chi connectivity index (χ1) is 27.0. The first-order valence-corrected chi connectivity index (χ1v) is 23.5. The Labute approximate surface area is 340 Å². The fourth-order valence-corrected chi connectivity index (χ4v) is 6.49. The summed E-state index contributed by atoms with van der Waals surface area (Å²) in [4.78, 5) is 37.7. The molecule has 0 aliphatic carbocycles. The lowest BCUT2D eigenvalue weighted by molar-refractivity contribution is -0.167. The molecule has 0 saturated carbocycles. The first-order valence-electron chi connectivity index (χ1n) is 23.5. The minimum Gasteiger partial charge on any atom is -0.462 e. The zero-order valence-electron chi connectivity index (χ0n) is 36.4. The number of hydrogen-bond acceptors (Lipinski definition) is 6. The van der Waals surface area contributed by atoms with E-state index in [-0.39, 0.29) is 31.1 Å². The Morgan fingerprint density at radius 1 is 0.345 bits per heavy atom. The molecule has 0 aromatic rings. The van der Waals surface area contributed by atoms with Crippen LogP contribution in [0.2, 0.25) is 0 Å². The topological polar surface area (TPSA) is 78.9 Å². The van der Waals surface area contributed by atoms with Crippen molar-refractivity contribution in [2.75, 3.05) is 13.2 Å². The van der Waals surface area contributed by atoms with Crippen LogP contribution in [0.25, 0.3) is 0 Å². The maximum absolute atomic E-state index is 12.7. The van der Waals surface area contributed by atoms with Gasteiger partial charge in [-0.1, -0.05) is 166 Å². The van der Waals surface area contributed by atoms with Gasteiger partial charge in [0.25, 0.3) is 0 Å². The van der Waals surface area contributed by atoms with Crippen LogP contribution >= 0.6 is 0 Å². The van der Waals surface area contributed by atoms with Gasteiger partial charge in [-0.25, -0.2) is 0 Å². The van der Waals surface area contributed by atoms with Crippen molar-refractivity contribution in [3.8, 4) is 0 Å². The lowest BCUT2D eigenvalue weighted by Crippen LogP contribution is -2.30. The predicted molar refractivity (Wildman–Crippen MR) is 233 cm³/mol. The van der Waals surface area contributed by atoms with E-state index in [1.165, 1.54) is 116 Å². The zero-order valence-corrected chi connectivity index (χ0v) is 36.4. The summed E-state index contributed by atoms with van der Waals surface area (Å²) in [7, 11) is 0. The molecule has 0 saturated heterocycles. The van der Waals surface area contributed by atoms with E-state index in [1.54, 1.807) is 0 Å². The summed E-state index contributed by atoms with van der Waals surface area (Å²) in [5, 5.41) is 0. The van der Waals surface area contributed by atoms with E-state index in [9.17, 15) is 14.4 Å². The second-order valence-electron chi connectivity index (χ2n) is 15.7. The average Bonchev–Trinajstić information content (AvgIpc) is 3.18. The molecule has 0 aliphatic rings. The van der Waals surface area contributed by atoms with Crippen LogP contribution in [-0.4, -0.2) is 37.2 Å². The van der Waals surface area contributed by atoms with Gasteiger partial charge in [0.05, 0.1) is 0 Å². The summed E-state index contributed by atoms with van der Waals surface area (Å²) in [6, 6.07) is 0. The molecule has 1 atom stereocenters. The molecule has 0 rings (SSSR count). The van der Waals surface area contributed by atoms with Gasteiger partial charge in [-0.3, -0.25) is 14.4 Å². The first kappa shape index (κ1) is 52.6. The number of rotatable bonds is 42. The molecule has 0 amide bonds. The molecule has 0 aromatic heterocycles. The molecule has 0 aliphatic heterocycles. The Bertz CT molecular complexity index is 938. The summed E-state index contributed by atoms with van der Waals surface area (Å²) in [6.07, 6.45) is 49.9. The van der Waals surface area contributed by atoms with Crippen LogP contribution in [0.4, 0.5) is 0 Å². The molecule has 320 valence electrons. The van der Waals surface area contributed by atoms with E-state index in [4.69, 9.17) is 14.2 Å². The van der Waals surface area contributed by atoms with Gasteiger partial charge in [0, 0.05) is 19.3 Å². The minimum atomic E-state index is -0.792. The molecule has 0 heterocycles. The Morgan fingerprint density at radius 2 is 0.618 bits per heavy atom. The summed E-state index contributed by atoms with van der Waals surface area (Å²) in [6.45, 7) is 6.54. The number of hydrogen-bond donors (Lipinski definition) is 0. The third kappa shape index (κ3) is 42.6. The maximum atomic E-state index is 12.7. The van der Waals surface area contributed by atoms with Gasteiger partial charge in [0.2, 0.25) is 0 Å². The third-order valence-corrected chi connectivity index (χ3v) is 10.1. The smallest absolute Gasteiger partial charge is 0.306 e. The van der Waals surface area contributed by atoms with Crippen molar-refractivity contribution in [3.05, 3.63) is 36.5 Å². The molecule has 6 nitrogen and oxygen atoms in total. The predicted octanol–water partition coefficient (Wildman–Crippen LogP) is 15.0. The molecule has 0 N–H and O–H groups in total. The van der Waals surface area contributed by atoms with Crippen LogP contribution in [-0.2, 0) is 28.6 Å². The highest BCUT2D eigenvalue weighted by Crippen LogP contribution is 2.13. The van der Waals surface area contributed by atoms with Crippen molar-refractivity contribution in [3.63, 3.8) is 0 Å².